The molecule has 1 saturated heterocycles. The van der Waals surface area contributed by atoms with Gasteiger partial charge in [-0.05, 0) is 18.6 Å². The Morgan fingerprint density at radius 3 is 2.70 bits per heavy atom. The van der Waals surface area contributed by atoms with Crippen molar-refractivity contribution >= 4 is 34.9 Å². The van der Waals surface area contributed by atoms with Gasteiger partial charge in [-0.1, -0.05) is 23.2 Å². The fraction of sp³-hybridized carbons (Fsp3) is 0.462. The second kappa shape index (κ2) is 7.02. The number of anilines is 1. The van der Waals surface area contributed by atoms with E-state index in [1.807, 2.05) is 0 Å². The normalized spacial score (nSPS) is 17.9. The van der Waals surface area contributed by atoms with Crippen LogP contribution in [-0.4, -0.2) is 32.9 Å². The van der Waals surface area contributed by atoms with Gasteiger partial charge in [0.25, 0.3) is 0 Å². The number of carbonyl (C=O) groups excluding carboxylic acids is 1. The minimum atomic E-state index is -0.297. The number of ether oxygens (including phenoxy) is 2. The Labute approximate surface area is 127 Å². The largest absolute Gasteiger partial charge is 0.494 e. The first kappa shape index (κ1) is 15.2. The molecule has 0 aromatic heterocycles. The average Bonchev–Trinajstić information content (AvgIpc) is 2.89. The van der Waals surface area contributed by atoms with Gasteiger partial charge < -0.3 is 20.1 Å². The van der Waals surface area contributed by atoms with Crippen LogP contribution < -0.4 is 15.4 Å². The number of urea groups is 1. The maximum atomic E-state index is 11.8. The maximum absolute atomic E-state index is 11.8. The van der Waals surface area contributed by atoms with Gasteiger partial charge in [-0.2, -0.15) is 0 Å². The third-order valence-electron chi connectivity index (χ3n) is 3.04. The van der Waals surface area contributed by atoms with E-state index in [0.717, 1.165) is 13.0 Å². The Balaban J connectivity index is 1.90. The van der Waals surface area contributed by atoms with E-state index in [-0.39, 0.29) is 6.03 Å². The number of halogens is 2. The Morgan fingerprint density at radius 1 is 1.45 bits per heavy atom. The van der Waals surface area contributed by atoms with Crippen LogP contribution in [0.4, 0.5) is 10.5 Å². The number of carbonyl (C=O) groups is 1. The number of hydrogen-bond acceptors (Lipinski definition) is 3. The zero-order valence-electron chi connectivity index (χ0n) is 11.0. The van der Waals surface area contributed by atoms with Crippen LogP contribution in [0.3, 0.4) is 0 Å². The highest BCUT2D eigenvalue weighted by Crippen LogP contribution is 2.35. The molecule has 110 valence electrons. The molecular weight excluding hydrogens is 303 g/mol. The number of nitrogens with one attached hydrogen (secondary N) is 2. The molecule has 0 aliphatic carbocycles. The van der Waals surface area contributed by atoms with Gasteiger partial charge in [0.2, 0.25) is 0 Å². The lowest BCUT2D eigenvalue weighted by atomic mass is 10.1. The molecule has 0 spiro atoms. The van der Waals surface area contributed by atoms with Gasteiger partial charge in [0.05, 0.1) is 23.8 Å². The van der Waals surface area contributed by atoms with Crippen molar-refractivity contribution in [3.05, 3.63) is 22.2 Å². The molecule has 1 atom stereocenters. The zero-order valence-corrected chi connectivity index (χ0v) is 12.6. The highest BCUT2D eigenvalue weighted by Gasteiger charge is 2.16. The summed E-state index contributed by atoms with van der Waals surface area (Å²) in [5.74, 6) is 0.770. The summed E-state index contributed by atoms with van der Waals surface area (Å²) in [6, 6.07) is 2.88. The lowest BCUT2D eigenvalue weighted by Gasteiger charge is -2.12. The Morgan fingerprint density at radius 2 is 2.15 bits per heavy atom. The van der Waals surface area contributed by atoms with Crippen LogP contribution in [0.2, 0.25) is 10.0 Å². The average molecular weight is 319 g/mol. The third-order valence-corrected chi connectivity index (χ3v) is 3.60. The smallest absolute Gasteiger partial charge is 0.319 e. The highest BCUT2D eigenvalue weighted by molar-refractivity contribution is 6.37. The fourth-order valence-corrected chi connectivity index (χ4v) is 2.63. The molecule has 20 heavy (non-hydrogen) atoms. The van der Waals surface area contributed by atoms with Gasteiger partial charge in [0.1, 0.15) is 0 Å². The van der Waals surface area contributed by atoms with Crippen molar-refractivity contribution in [3.63, 3.8) is 0 Å². The number of methoxy groups -OCH3 is 1. The lowest BCUT2D eigenvalue weighted by molar-refractivity contribution is 0.185. The molecule has 1 heterocycles. The first-order valence-electron chi connectivity index (χ1n) is 6.25. The summed E-state index contributed by atoms with van der Waals surface area (Å²) >= 11 is 12.0. The molecule has 2 rings (SSSR count). The predicted octanol–water partition coefficient (Wildman–Crippen LogP) is 3.16. The molecule has 0 unspecified atom stereocenters. The topological polar surface area (TPSA) is 59.6 Å². The van der Waals surface area contributed by atoms with E-state index in [1.54, 1.807) is 12.1 Å². The standard InChI is InChI=1S/C13H16Cl2N2O3/c1-19-12-10(14)4-9(5-11(12)15)17-13(18)16-6-8-2-3-20-7-8/h4-5,8H,2-3,6-7H2,1H3,(H2,16,17,18)/t8-/m1/s1. The molecule has 7 heteroatoms. The minimum absolute atomic E-state index is 0.297. The molecule has 1 aromatic carbocycles. The quantitative estimate of drug-likeness (QED) is 0.896. The van der Waals surface area contributed by atoms with Crippen molar-refractivity contribution in [1.29, 1.82) is 0 Å². The maximum Gasteiger partial charge on any atom is 0.319 e. The van der Waals surface area contributed by atoms with Crippen LogP contribution in [0.25, 0.3) is 0 Å². The van der Waals surface area contributed by atoms with E-state index in [9.17, 15) is 4.79 Å². The van der Waals surface area contributed by atoms with Crippen molar-refractivity contribution in [1.82, 2.24) is 5.32 Å². The summed E-state index contributed by atoms with van der Waals surface area (Å²) in [5.41, 5.74) is 0.515. The summed E-state index contributed by atoms with van der Waals surface area (Å²) in [5, 5.41) is 6.17. The second-order valence-electron chi connectivity index (χ2n) is 4.54. The van der Waals surface area contributed by atoms with Gasteiger partial charge >= 0.3 is 6.03 Å². The first-order valence-corrected chi connectivity index (χ1v) is 7.01. The van der Waals surface area contributed by atoms with Gasteiger partial charge in [-0.15, -0.1) is 0 Å². The van der Waals surface area contributed by atoms with Crippen LogP contribution in [-0.2, 0) is 4.74 Å². The van der Waals surface area contributed by atoms with E-state index in [0.29, 0.717) is 40.6 Å². The molecule has 1 aromatic rings. The summed E-state index contributed by atoms with van der Waals surface area (Å²) in [4.78, 5) is 11.8. The van der Waals surface area contributed by atoms with Crippen molar-refractivity contribution in [3.8, 4) is 5.75 Å². The molecule has 1 aliphatic heterocycles. The van der Waals surface area contributed by atoms with Crippen molar-refractivity contribution in [2.24, 2.45) is 5.92 Å². The molecule has 2 N–H and O–H groups in total. The second-order valence-corrected chi connectivity index (χ2v) is 5.35. The van der Waals surface area contributed by atoms with Crippen LogP contribution in [0, 0.1) is 5.92 Å². The molecule has 1 fully saturated rings. The zero-order chi connectivity index (χ0) is 14.5. The van der Waals surface area contributed by atoms with Crippen molar-refractivity contribution in [2.75, 3.05) is 32.2 Å². The van der Waals surface area contributed by atoms with E-state index < -0.39 is 0 Å². The Kier molecular flexibility index (Phi) is 5.34. The minimum Gasteiger partial charge on any atom is -0.494 e. The number of rotatable bonds is 4. The SMILES string of the molecule is COc1c(Cl)cc(NC(=O)NC[C@H]2CCOC2)cc1Cl. The predicted molar refractivity (Wildman–Crippen MR) is 79.0 cm³/mol. The van der Waals surface area contributed by atoms with Crippen LogP contribution in [0.15, 0.2) is 12.1 Å². The van der Waals surface area contributed by atoms with E-state index in [2.05, 4.69) is 10.6 Å². The monoisotopic (exact) mass is 318 g/mol. The Bertz CT molecular complexity index is 467. The van der Waals surface area contributed by atoms with Gasteiger partial charge in [0, 0.05) is 24.8 Å². The fourth-order valence-electron chi connectivity index (χ4n) is 1.98. The van der Waals surface area contributed by atoms with Gasteiger partial charge in [-0.3, -0.25) is 0 Å². The molecule has 0 bridgehead atoms. The summed E-state index contributed by atoms with van der Waals surface area (Å²) < 4.78 is 10.3. The van der Waals surface area contributed by atoms with Crippen molar-refractivity contribution in [2.45, 2.75) is 6.42 Å². The Hall–Kier alpha value is -1.17. The van der Waals surface area contributed by atoms with Gasteiger partial charge in [-0.25, -0.2) is 4.79 Å². The highest BCUT2D eigenvalue weighted by atomic mass is 35.5. The number of benzene rings is 1. The van der Waals surface area contributed by atoms with Crippen molar-refractivity contribution < 1.29 is 14.3 Å². The summed E-state index contributed by atoms with van der Waals surface area (Å²) in [7, 11) is 1.48. The molecule has 5 nitrogen and oxygen atoms in total. The first-order chi connectivity index (χ1) is 9.60. The third kappa shape index (κ3) is 3.91. The number of hydrogen-bond donors (Lipinski definition) is 2. The lowest BCUT2D eigenvalue weighted by Crippen LogP contribution is -2.33. The summed E-state index contributed by atoms with van der Waals surface area (Å²) in [6.45, 7) is 2.04. The molecule has 2 amide bonds. The molecule has 1 aliphatic rings. The molecule has 0 saturated carbocycles. The van der Waals surface area contributed by atoms with E-state index in [1.165, 1.54) is 7.11 Å². The van der Waals surface area contributed by atoms with Gasteiger partial charge in [0.15, 0.2) is 5.75 Å². The van der Waals surface area contributed by atoms with Crippen LogP contribution in [0.5, 0.6) is 5.75 Å². The number of amides is 2. The van der Waals surface area contributed by atoms with E-state index >= 15 is 0 Å². The molecule has 0 radical (unpaired) electrons. The molecular formula is C13H16Cl2N2O3. The van der Waals surface area contributed by atoms with E-state index in [4.69, 9.17) is 32.7 Å². The van der Waals surface area contributed by atoms with Crippen LogP contribution >= 0.6 is 23.2 Å². The summed E-state index contributed by atoms with van der Waals surface area (Å²) in [6.07, 6.45) is 0.973. The van der Waals surface area contributed by atoms with Crippen LogP contribution in [0.1, 0.15) is 6.42 Å².